The topological polar surface area (TPSA) is 80.1 Å². The zero-order chi connectivity index (χ0) is 22.8. The molecule has 1 aliphatic rings. The van der Waals surface area contributed by atoms with Crippen LogP contribution in [0.4, 0.5) is 11.6 Å². The van der Waals surface area contributed by atoms with Gasteiger partial charge in [0, 0.05) is 24.0 Å². The summed E-state index contributed by atoms with van der Waals surface area (Å²) >= 11 is 1.72. The zero-order valence-electron chi connectivity index (χ0n) is 18.8. The molecule has 0 amide bonds. The number of hydrogen-bond donors (Lipinski definition) is 1. The van der Waals surface area contributed by atoms with Gasteiger partial charge >= 0.3 is 0 Å². The summed E-state index contributed by atoms with van der Waals surface area (Å²) in [5.74, 6) is 1.58. The monoisotopic (exact) mass is 461 g/mol. The van der Waals surface area contributed by atoms with Crippen LogP contribution in [0.5, 0.6) is 5.75 Å². The van der Waals surface area contributed by atoms with Crippen molar-refractivity contribution in [3.63, 3.8) is 0 Å². The van der Waals surface area contributed by atoms with Crippen molar-refractivity contribution >= 4 is 39.6 Å². The molecule has 1 fully saturated rings. The maximum absolute atomic E-state index is 6.38. The molecule has 0 unspecified atom stereocenters. The smallest absolute Gasteiger partial charge is 0.214 e. The molecule has 5 rings (SSSR count). The minimum atomic E-state index is 0.310. The van der Waals surface area contributed by atoms with Gasteiger partial charge in [-0.2, -0.15) is 0 Å². The molecule has 4 aromatic rings. The molecule has 2 aromatic carbocycles. The fraction of sp³-hybridized carbons (Fsp3) is 0.280. The first-order valence-electron chi connectivity index (χ1n) is 11.0. The fourth-order valence-corrected chi connectivity index (χ4v) is 5.21. The van der Waals surface area contributed by atoms with Crippen molar-refractivity contribution in [2.75, 3.05) is 32.1 Å². The second-order valence-corrected chi connectivity index (χ2v) is 9.15. The number of thiazole rings is 1. The van der Waals surface area contributed by atoms with Crippen LogP contribution < -0.4 is 15.4 Å². The molecule has 1 aliphatic heterocycles. The summed E-state index contributed by atoms with van der Waals surface area (Å²) < 4.78 is 11.7. The number of aromatic nitrogens is 1. The van der Waals surface area contributed by atoms with E-state index in [0.717, 1.165) is 51.5 Å². The highest BCUT2D eigenvalue weighted by Gasteiger charge is 2.24. The van der Waals surface area contributed by atoms with E-state index in [4.69, 9.17) is 14.9 Å². The Balaban J connectivity index is 1.56. The van der Waals surface area contributed by atoms with E-state index in [0.29, 0.717) is 17.6 Å². The van der Waals surface area contributed by atoms with Gasteiger partial charge in [0.25, 0.3) is 0 Å². The van der Waals surface area contributed by atoms with E-state index in [9.17, 15) is 0 Å². The molecular weight excluding hydrogens is 434 g/mol. The molecule has 3 heterocycles. The van der Waals surface area contributed by atoms with Gasteiger partial charge in [0.05, 0.1) is 24.2 Å². The molecule has 170 valence electrons. The van der Waals surface area contributed by atoms with Gasteiger partial charge < -0.3 is 14.9 Å². The SMILES string of the molecule is CN=C(N)N(c1cc(-c2cnc(CN3CCCC3)s2)ccc1OC)c1occ2ccccc12. The molecule has 1 saturated heterocycles. The minimum absolute atomic E-state index is 0.310. The van der Waals surface area contributed by atoms with Crippen LogP contribution in [0.3, 0.4) is 0 Å². The molecule has 0 spiro atoms. The Bertz CT molecular complexity index is 1290. The summed E-state index contributed by atoms with van der Waals surface area (Å²) in [6.07, 6.45) is 6.23. The van der Waals surface area contributed by atoms with Crippen molar-refractivity contribution in [3.8, 4) is 16.2 Å². The third-order valence-corrected chi connectivity index (χ3v) is 7.00. The van der Waals surface area contributed by atoms with E-state index in [2.05, 4.69) is 20.9 Å². The average Bonchev–Trinajstić information content (AvgIpc) is 3.61. The minimum Gasteiger partial charge on any atom is -0.495 e. The normalized spacial score (nSPS) is 14.8. The number of methoxy groups -OCH3 is 1. The summed E-state index contributed by atoms with van der Waals surface area (Å²) in [7, 11) is 3.31. The van der Waals surface area contributed by atoms with Crippen LogP contribution in [0, 0.1) is 0 Å². The fourth-order valence-electron chi connectivity index (χ4n) is 4.25. The number of anilines is 2. The van der Waals surface area contributed by atoms with Crippen molar-refractivity contribution in [1.29, 1.82) is 0 Å². The lowest BCUT2D eigenvalue weighted by Crippen LogP contribution is -2.33. The third-order valence-electron chi connectivity index (χ3n) is 5.97. The number of rotatable bonds is 6. The van der Waals surface area contributed by atoms with E-state index < -0.39 is 0 Å². The van der Waals surface area contributed by atoms with Crippen LogP contribution in [-0.2, 0) is 6.54 Å². The number of nitrogens with zero attached hydrogens (tertiary/aromatic N) is 4. The Hall–Kier alpha value is -3.36. The quantitative estimate of drug-likeness (QED) is 0.312. The number of guanidine groups is 1. The lowest BCUT2D eigenvalue weighted by molar-refractivity contribution is 0.331. The van der Waals surface area contributed by atoms with Gasteiger partial charge in [-0.25, -0.2) is 9.88 Å². The highest BCUT2D eigenvalue weighted by Crippen LogP contribution is 2.41. The van der Waals surface area contributed by atoms with E-state index in [1.54, 1.807) is 36.7 Å². The highest BCUT2D eigenvalue weighted by atomic mass is 32.1. The number of hydrogen-bond acceptors (Lipinski definition) is 6. The molecular formula is C25H27N5O2S. The Morgan fingerprint density at radius 3 is 2.85 bits per heavy atom. The Morgan fingerprint density at radius 2 is 2.06 bits per heavy atom. The molecule has 8 heteroatoms. The van der Waals surface area contributed by atoms with Crippen molar-refractivity contribution in [2.24, 2.45) is 10.7 Å². The van der Waals surface area contributed by atoms with Gasteiger partial charge in [-0.3, -0.25) is 9.89 Å². The molecule has 0 atom stereocenters. The van der Waals surface area contributed by atoms with Crippen LogP contribution in [0.2, 0.25) is 0 Å². The van der Waals surface area contributed by atoms with Gasteiger partial charge in [0.2, 0.25) is 11.8 Å². The standard InChI is InChI=1S/C25H27N5O2S/c1-27-25(26)30(24-19-8-4-3-7-18(19)16-32-24)20-13-17(9-10-21(20)31-2)22-14-28-23(33-22)15-29-11-5-6-12-29/h3-4,7-10,13-14,16H,5-6,11-12,15H2,1-2H3,(H2,26,27). The second-order valence-electron chi connectivity index (χ2n) is 8.03. The lowest BCUT2D eigenvalue weighted by Gasteiger charge is -2.24. The molecule has 7 nitrogen and oxygen atoms in total. The van der Waals surface area contributed by atoms with Crippen LogP contribution >= 0.6 is 11.3 Å². The molecule has 0 aliphatic carbocycles. The first-order chi connectivity index (χ1) is 16.2. The lowest BCUT2D eigenvalue weighted by atomic mass is 10.1. The largest absolute Gasteiger partial charge is 0.495 e. The molecule has 0 bridgehead atoms. The zero-order valence-corrected chi connectivity index (χ0v) is 19.6. The van der Waals surface area contributed by atoms with Crippen molar-refractivity contribution in [1.82, 2.24) is 9.88 Å². The van der Waals surface area contributed by atoms with E-state index in [1.807, 2.05) is 42.6 Å². The van der Waals surface area contributed by atoms with Gasteiger partial charge in [0.1, 0.15) is 17.0 Å². The summed E-state index contributed by atoms with van der Waals surface area (Å²) in [4.78, 5) is 14.3. The predicted molar refractivity (Wildman–Crippen MR) is 135 cm³/mol. The summed E-state index contributed by atoms with van der Waals surface area (Å²) in [6.45, 7) is 3.22. The number of furan rings is 1. The van der Waals surface area contributed by atoms with Gasteiger partial charge in [-0.05, 0) is 55.8 Å². The van der Waals surface area contributed by atoms with Crippen LogP contribution in [0.15, 0.2) is 64.3 Å². The van der Waals surface area contributed by atoms with Crippen LogP contribution in [0.25, 0.3) is 21.2 Å². The number of likely N-dealkylation sites (tertiary alicyclic amines) is 1. The first-order valence-corrected chi connectivity index (χ1v) is 11.8. The van der Waals surface area contributed by atoms with Crippen molar-refractivity contribution in [2.45, 2.75) is 19.4 Å². The van der Waals surface area contributed by atoms with Gasteiger partial charge in [0.15, 0.2) is 0 Å². The van der Waals surface area contributed by atoms with Gasteiger partial charge in [-0.1, -0.05) is 18.2 Å². The third kappa shape index (κ3) is 4.19. The molecule has 2 N–H and O–H groups in total. The summed E-state index contributed by atoms with van der Waals surface area (Å²) in [5.41, 5.74) is 8.18. The Morgan fingerprint density at radius 1 is 1.24 bits per heavy atom. The second kappa shape index (κ2) is 9.25. The average molecular weight is 462 g/mol. The van der Waals surface area contributed by atoms with E-state index in [-0.39, 0.29) is 0 Å². The predicted octanol–water partition coefficient (Wildman–Crippen LogP) is 5.24. The van der Waals surface area contributed by atoms with Crippen molar-refractivity contribution < 1.29 is 9.15 Å². The number of benzene rings is 2. The maximum Gasteiger partial charge on any atom is 0.214 e. The number of fused-ring (bicyclic) bond motifs is 1. The first kappa shape index (κ1) is 21.5. The van der Waals surface area contributed by atoms with Crippen LogP contribution in [0.1, 0.15) is 17.8 Å². The molecule has 0 saturated carbocycles. The Labute approximate surface area is 197 Å². The summed E-state index contributed by atoms with van der Waals surface area (Å²) in [5, 5.41) is 3.07. The molecule has 33 heavy (non-hydrogen) atoms. The number of ether oxygens (including phenoxy) is 1. The van der Waals surface area contributed by atoms with Crippen LogP contribution in [-0.4, -0.2) is 43.1 Å². The molecule has 0 radical (unpaired) electrons. The number of nitrogens with two attached hydrogens (primary N) is 1. The van der Waals surface area contributed by atoms with E-state index >= 15 is 0 Å². The van der Waals surface area contributed by atoms with E-state index in [1.165, 1.54) is 12.8 Å². The van der Waals surface area contributed by atoms with Gasteiger partial charge in [-0.15, -0.1) is 11.3 Å². The van der Waals surface area contributed by atoms with Crippen molar-refractivity contribution in [3.05, 3.63) is 59.9 Å². The number of aliphatic imine (C=N–C) groups is 1. The highest BCUT2D eigenvalue weighted by molar-refractivity contribution is 7.15. The molecule has 2 aromatic heterocycles. The maximum atomic E-state index is 6.38. The summed E-state index contributed by atoms with van der Waals surface area (Å²) in [6, 6.07) is 14.0. The Kier molecular flexibility index (Phi) is 6.02.